The van der Waals surface area contributed by atoms with Crippen molar-refractivity contribution in [3.63, 3.8) is 0 Å². The number of nitrogens with one attached hydrogen (secondary N) is 1. The Morgan fingerprint density at radius 1 is 1.25 bits per heavy atom. The first-order chi connectivity index (χ1) is 12.7. The quantitative estimate of drug-likeness (QED) is 0.638. The van der Waals surface area contributed by atoms with Crippen molar-refractivity contribution < 1.29 is 28.6 Å². The highest BCUT2D eigenvalue weighted by Gasteiger charge is 2.28. The number of amides is 1. The number of quaternary nitrogens is 1. The molecule has 1 aliphatic heterocycles. The highest BCUT2D eigenvalue weighted by molar-refractivity contribution is 5.96. The van der Waals surface area contributed by atoms with Gasteiger partial charge in [0.25, 0.3) is 5.91 Å². The van der Waals surface area contributed by atoms with Crippen LogP contribution in [0.3, 0.4) is 0 Å². The van der Waals surface area contributed by atoms with Crippen LogP contribution in [-0.4, -0.2) is 54.4 Å². The topological polar surface area (TPSA) is 78.8 Å². The Bertz CT molecular complexity index is 843. The number of carbonyl (C=O) groups excluding carboxylic acids is 1. The largest absolute Gasteiger partial charge is 0.508 e. The summed E-state index contributed by atoms with van der Waals surface area (Å²) in [5, 5.41) is 23.3. The number of halogens is 2. The van der Waals surface area contributed by atoms with Crippen LogP contribution in [0.4, 0.5) is 10.1 Å². The van der Waals surface area contributed by atoms with Crippen LogP contribution in [0.5, 0.6) is 11.5 Å². The fourth-order valence-electron chi connectivity index (χ4n) is 3.20. The number of carbonyl (C=O) groups is 1. The van der Waals surface area contributed by atoms with E-state index >= 15 is 0 Å². The summed E-state index contributed by atoms with van der Waals surface area (Å²) in [5.41, 5.74) is 1.83. The van der Waals surface area contributed by atoms with Gasteiger partial charge in [0.05, 0.1) is 26.3 Å². The van der Waals surface area contributed by atoms with E-state index in [9.17, 15) is 19.4 Å². The molecule has 0 radical (unpaired) electrons. The first-order valence-electron chi connectivity index (χ1n) is 8.77. The second-order valence-corrected chi connectivity index (χ2v) is 7.48. The highest BCUT2D eigenvalue weighted by Crippen LogP contribution is 2.39. The van der Waals surface area contributed by atoms with Gasteiger partial charge in [0, 0.05) is 18.1 Å². The molecule has 0 aliphatic carbocycles. The number of fused-ring (bicyclic) bond motifs is 1. The minimum Gasteiger partial charge on any atom is -0.508 e. The van der Waals surface area contributed by atoms with Crippen molar-refractivity contribution in [3.8, 4) is 11.5 Å². The number of hydrogen-bond acceptors (Lipinski definition) is 4. The van der Waals surface area contributed by atoms with Crippen LogP contribution in [0.2, 0.25) is 0 Å². The minimum atomic E-state index is -0.885. The molecule has 0 saturated heterocycles. The molecule has 1 aliphatic rings. The van der Waals surface area contributed by atoms with Crippen molar-refractivity contribution in [1.82, 2.24) is 0 Å². The summed E-state index contributed by atoms with van der Waals surface area (Å²) in [7, 11) is 3.98. The average Bonchev–Trinajstić information content (AvgIpc) is 2.59. The van der Waals surface area contributed by atoms with Gasteiger partial charge in [-0.3, -0.25) is 4.79 Å². The fraction of sp³-hybridized carbons (Fsp3) is 0.350. The van der Waals surface area contributed by atoms with E-state index in [0.29, 0.717) is 28.0 Å². The van der Waals surface area contributed by atoms with Gasteiger partial charge < -0.3 is 24.7 Å². The molecule has 0 unspecified atom stereocenters. The molecular formula is C20H25ClFN2O4+. The molecule has 1 atom stereocenters. The van der Waals surface area contributed by atoms with Crippen LogP contribution in [0.25, 0.3) is 0 Å². The molecule has 8 heteroatoms. The molecule has 2 aromatic carbocycles. The summed E-state index contributed by atoms with van der Waals surface area (Å²) in [6, 6.07) is 9.25. The monoisotopic (exact) mass is 411 g/mol. The first kappa shape index (κ1) is 21.9. The Kier molecular flexibility index (Phi) is 6.87. The van der Waals surface area contributed by atoms with Crippen molar-refractivity contribution >= 4 is 24.0 Å². The third-order valence-corrected chi connectivity index (χ3v) is 4.67. The maximum atomic E-state index is 13.0. The summed E-state index contributed by atoms with van der Waals surface area (Å²) < 4.78 is 19.0. The van der Waals surface area contributed by atoms with Crippen LogP contribution in [0.1, 0.15) is 17.2 Å². The molecule has 152 valence electrons. The zero-order chi connectivity index (χ0) is 19.6. The minimum absolute atomic E-state index is 0. The van der Waals surface area contributed by atoms with E-state index in [1.54, 1.807) is 12.1 Å². The lowest BCUT2D eigenvalue weighted by Gasteiger charge is -2.33. The molecule has 1 heterocycles. The summed E-state index contributed by atoms with van der Waals surface area (Å²) in [4.78, 5) is 11.5. The molecule has 6 nitrogen and oxygen atoms in total. The number of anilines is 1. The molecule has 28 heavy (non-hydrogen) atoms. The average molecular weight is 412 g/mol. The van der Waals surface area contributed by atoms with Gasteiger partial charge in [-0.25, -0.2) is 4.39 Å². The number of hydrogen-bond donors (Lipinski definition) is 3. The Morgan fingerprint density at radius 3 is 2.61 bits per heavy atom. The second kappa shape index (κ2) is 8.77. The Hall–Kier alpha value is -2.35. The first-order valence-corrected chi connectivity index (χ1v) is 8.77. The molecule has 3 rings (SSSR count). The maximum Gasteiger partial charge on any atom is 0.262 e. The third-order valence-electron chi connectivity index (χ3n) is 4.67. The van der Waals surface area contributed by atoms with Gasteiger partial charge in [0.15, 0.2) is 6.61 Å². The van der Waals surface area contributed by atoms with E-state index in [1.807, 2.05) is 14.1 Å². The van der Waals surface area contributed by atoms with Crippen LogP contribution < -0.4 is 10.1 Å². The molecule has 3 N–H and O–H groups in total. The van der Waals surface area contributed by atoms with Crippen molar-refractivity contribution in [2.24, 2.45) is 0 Å². The number of aliphatic hydroxyl groups is 1. The Labute approximate surface area is 169 Å². The second-order valence-electron chi connectivity index (χ2n) is 7.48. The van der Waals surface area contributed by atoms with Gasteiger partial charge in [0.2, 0.25) is 0 Å². The summed E-state index contributed by atoms with van der Waals surface area (Å²) in [5.74, 6) is -0.226. The van der Waals surface area contributed by atoms with Gasteiger partial charge in [-0.2, -0.15) is 0 Å². The smallest absolute Gasteiger partial charge is 0.262 e. The van der Waals surface area contributed by atoms with Crippen LogP contribution in [-0.2, 0) is 11.2 Å². The van der Waals surface area contributed by atoms with E-state index in [0.717, 1.165) is 18.5 Å². The summed E-state index contributed by atoms with van der Waals surface area (Å²) >= 11 is 0. The van der Waals surface area contributed by atoms with E-state index in [1.165, 1.54) is 24.3 Å². The number of ether oxygens (including phenoxy) is 1. The van der Waals surface area contributed by atoms with E-state index < -0.39 is 6.10 Å². The molecule has 0 fully saturated rings. The van der Waals surface area contributed by atoms with Crippen molar-refractivity contribution in [1.29, 1.82) is 0 Å². The lowest BCUT2D eigenvalue weighted by molar-refractivity contribution is -0.893. The van der Waals surface area contributed by atoms with E-state index in [-0.39, 0.29) is 36.5 Å². The SMILES string of the molecule is C[N+](C)(CCc1ccc(F)cc1)C[C@H](O)c1cc(O)cc2c1OCC(=O)N2.Cl. The number of aromatic hydroxyl groups is 1. The lowest BCUT2D eigenvalue weighted by atomic mass is 10.0. The molecule has 0 spiro atoms. The van der Waals surface area contributed by atoms with Gasteiger partial charge in [0.1, 0.15) is 30.0 Å². The Balaban J connectivity index is 0.00000280. The van der Waals surface area contributed by atoms with Crippen LogP contribution >= 0.6 is 12.4 Å². The van der Waals surface area contributed by atoms with Gasteiger partial charge in [-0.05, 0) is 23.8 Å². The van der Waals surface area contributed by atoms with Crippen molar-refractivity contribution in [3.05, 3.63) is 53.3 Å². The molecule has 2 aromatic rings. The molecule has 0 bridgehead atoms. The number of rotatable bonds is 6. The number of nitrogens with zero attached hydrogens (tertiary/aromatic N) is 1. The lowest BCUT2D eigenvalue weighted by Crippen LogP contribution is -2.44. The number of aliphatic hydroxyl groups excluding tert-OH is 1. The summed E-state index contributed by atoms with van der Waals surface area (Å²) in [6.45, 7) is 0.996. The molecule has 0 aromatic heterocycles. The number of phenols is 1. The van der Waals surface area contributed by atoms with Gasteiger partial charge >= 0.3 is 0 Å². The third kappa shape index (κ3) is 5.34. The van der Waals surface area contributed by atoms with E-state index in [4.69, 9.17) is 4.74 Å². The number of likely N-dealkylation sites (N-methyl/N-ethyl adjacent to an activating group) is 1. The highest BCUT2D eigenvalue weighted by atomic mass is 35.5. The van der Waals surface area contributed by atoms with Gasteiger partial charge in [-0.15, -0.1) is 12.4 Å². The van der Waals surface area contributed by atoms with E-state index in [2.05, 4.69) is 5.32 Å². The van der Waals surface area contributed by atoms with Crippen molar-refractivity contribution in [2.45, 2.75) is 12.5 Å². The predicted octanol–water partition coefficient (Wildman–Crippen LogP) is 2.64. The molecule has 1 amide bonds. The van der Waals surface area contributed by atoms with Crippen LogP contribution in [0.15, 0.2) is 36.4 Å². The van der Waals surface area contributed by atoms with Gasteiger partial charge in [-0.1, -0.05) is 12.1 Å². The Morgan fingerprint density at radius 2 is 1.93 bits per heavy atom. The zero-order valence-corrected chi connectivity index (χ0v) is 16.6. The van der Waals surface area contributed by atoms with Crippen LogP contribution in [0, 0.1) is 5.82 Å². The standard InChI is InChI=1S/C20H23FN2O4.ClH/c1-23(2,8-7-13-3-5-14(21)6-4-13)11-18(25)16-9-15(24)10-17-20(16)27-12-19(26)22-17;/h3-6,9-10,18,25H,7-8,11-12H2,1-2H3,(H-,22,24,26);1H/p+1/t18-;/m0./s1. The predicted molar refractivity (Wildman–Crippen MR) is 106 cm³/mol. The van der Waals surface area contributed by atoms with Crippen molar-refractivity contribution in [2.75, 3.05) is 39.1 Å². The summed E-state index contributed by atoms with van der Waals surface area (Å²) in [6.07, 6.45) is -0.144. The number of phenolic OH excluding ortho intramolecular Hbond substituents is 1. The maximum absolute atomic E-state index is 13.0. The fourth-order valence-corrected chi connectivity index (χ4v) is 3.20. The molecular weight excluding hydrogens is 387 g/mol. The number of benzene rings is 2. The normalized spacial score (nSPS) is 14.4. The zero-order valence-electron chi connectivity index (χ0n) is 15.8. The molecule has 0 saturated carbocycles.